The molecule has 0 spiro atoms. The Kier molecular flexibility index (Phi) is 1.89. The minimum absolute atomic E-state index is 0.847. The van der Waals surface area contributed by atoms with Gasteiger partial charge in [0.2, 0.25) is 0 Å². The minimum atomic E-state index is 0.847. The van der Waals surface area contributed by atoms with Crippen LogP contribution >= 0.6 is 0 Å². The fourth-order valence-corrected chi connectivity index (χ4v) is 1.42. The molecule has 0 aliphatic rings. The highest BCUT2D eigenvalue weighted by Crippen LogP contribution is 2.25. The number of benzene rings is 1. The van der Waals surface area contributed by atoms with Crippen LogP contribution in [0.1, 0.15) is 11.5 Å². The van der Waals surface area contributed by atoms with Gasteiger partial charge in [-0.05, 0) is 25.5 Å². The highest BCUT2D eigenvalue weighted by Gasteiger charge is 2.09. The van der Waals surface area contributed by atoms with Crippen molar-refractivity contribution in [3.05, 3.63) is 41.8 Å². The minimum Gasteiger partial charge on any atom is -0.361 e. The van der Waals surface area contributed by atoms with E-state index in [9.17, 15) is 0 Å². The highest BCUT2D eigenvalue weighted by atomic mass is 16.5. The van der Waals surface area contributed by atoms with Crippen molar-refractivity contribution in [1.82, 2.24) is 5.16 Å². The molecule has 2 nitrogen and oxygen atoms in total. The molecule has 0 unspecified atom stereocenters. The van der Waals surface area contributed by atoms with Crippen molar-refractivity contribution in [2.75, 3.05) is 0 Å². The maximum atomic E-state index is 5.08. The molecule has 0 fully saturated rings. The van der Waals surface area contributed by atoms with Crippen molar-refractivity contribution in [2.45, 2.75) is 13.8 Å². The van der Waals surface area contributed by atoms with Crippen LogP contribution < -0.4 is 0 Å². The fourth-order valence-electron chi connectivity index (χ4n) is 1.42. The number of nitrogens with zero attached hydrogens (tertiary/aromatic N) is 1. The molecule has 1 radical (unpaired) electrons. The van der Waals surface area contributed by atoms with Crippen molar-refractivity contribution in [1.29, 1.82) is 0 Å². The molecule has 0 amide bonds. The van der Waals surface area contributed by atoms with Gasteiger partial charge in [0, 0.05) is 5.56 Å². The zero-order valence-corrected chi connectivity index (χ0v) is 7.66. The summed E-state index contributed by atoms with van der Waals surface area (Å²) in [6.45, 7) is 3.85. The standard InChI is InChI=1S/C11H10NO/c1-8-11(9(2)13-12-8)10-6-4-3-5-7-10/h3-6H,1-2H3. The molecule has 0 atom stereocenters. The topological polar surface area (TPSA) is 26.0 Å². The van der Waals surface area contributed by atoms with E-state index in [1.165, 1.54) is 0 Å². The molecule has 2 heteroatoms. The average Bonchev–Trinajstić information content (AvgIpc) is 2.48. The molecule has 0 saturated heterocycles. The summed E-state index contributed by atoms with van der Waals surface area (Å²) in [6.07, 6.45) is 0. The summed E-state index contributed by atoms with van der Waals surface area (Å²) >= 11 is 0. The monoisotopic (exact) mass is 172 g/mol. The van der Waals surface area contributed by atoms with E-state index in [-0.39, 0.29) is 0 Å². The van der Waals surface area contributed by atoms with E-state index in [0.717, 1.165) is 22.6 Å². The average molecular weight is 172 g/mol. The molecule has 0 aliphatic carbocycles. The normalized spacial score (nSPS) is 10.3. The summed E-state index contributed by atoms with van der Waals surface area (Å²) < 4.78 is 5.08. The predicted octanol–water partition coefficient (Wildman–Crippen LogP) is 2.76. The lowest BCUT2D eigenvalue weighted by Crippen LogP contribution is -1.80. The van der Waals surface area contributed by atoms with E-state index in [1.54, 1.807) is 0 Å². The lowest BCUT2D eigenvalue weighted by molar-refractivity contribution is 0.393. The summed E-state index contributed by atoms with van der Waals surface area (Å²) in [4.78, 5) is 0. The van der Waals surface area contributed by atoms with Crippen LogP contribution in [0.3, 0.4) is 0 Å². The Bertz CT molecular complexity index is 384. The maximum Gasteiger partial charge on any atom is 0.141 e. The molecule has 1 aromatic heterocycles. The molecule has 0 N–H and O–H groups in total. The van der Waals surface area contributed by atoms with Gasteiger partial charge in [0.1, 0.15) is 5.76 Å². The van der Waals surface area contributed by atoms with Crippen molar-refractivity contribution in [3.8, 4) is 11.1 Å². The van der Waals surface area contributed by atoms with Crippen LogP contribution in [0.2, 0.25) is 0 Å². The van der Waals surface area contributed by atoms with E-state index in [1.807, 2.05) is 38.1 Å². The van der Waals surface area contributed by atoms with Crippen molar-refractivity contribution in [2.24, 2.45) is 0 Å². The van der Waals surface area contributed by atoms with Crippen molar-refractivity contribution >= 4 is 0 Å². The van der Waals surface area contributed by atoms with Crippen LogP contribution in [-0.4, -0.2) is 5.16 Å². The Morgan fingerprint density at radius 2 is 2.15 bits per heavy atom. The summed E-state index contributed by atoms with van der Waals surface area (Å²) in [5.41, 5.74) is 3.01. The van der Waals surface area contributed by atoms with Gasteiger partial charge in [-0.3, -0.25) is 0 Å². The van der Waals surface area contributed by atoms with Crippen LogP contribution in [0.4, 0.5) is 0 Å². The Hall–Kier alpha value is -1.57. The highest BCUT2D eigenvalue weighted by molar-refractivity contribution is 5.66. The molecule has 13 heavy (non-hydrogen) atoms. The molecule has 1 heterocycles. The van der Waals surface area contributed by atoms with Gasteiger partial charge in [0.05, 0.1) is 5.69 Å². The van der Waals surface area contributed by atoms with Crippen LogP contribution in [0.25, 0.3) is 11.1 Å². The SMILES string of the molecule is Cc1noc(C)c1-c1[c]cccc1. The second-order valence-electron chi connectivity index (χ2n) is 2.98. The lowest BCUT2D eigenvalue weighted by atomic mass is 10.0. The molecule has 2 aromatic rings. The molecule has 2 rings (SSSR count). The number of hydrogen-bond donors (Lipinski definition) is 0. The van der Waals surface area contributed by atoms with Crippen LogP contribution in [0.5, 0.6) is 0 Å². The number of hydrogen-bond acceptors (Lipinski definition) is 2. The first-order valence-corrected chi connectivity index (χ1v) is 4.19. The number of aryl methyl sites for hydroxylation is 2. The smallest absolute Gasteiger partial charge is 0.141 e. The molecule has 1 aromatic carbocycles. The van der Waals surface area contributed by atoms with Crippen LogP contribution in [0.15, 0.2) is 28.8 Å². The van der Waals surface area contributed by atoms with Crippen LogP contribution in [0, 0.1) is 19.9 Å². The number of aromatic nitrogens is 1. The molecular weight excluding hydrogens is 162 g/mol. The first-order valence-electron chi connectivity index (χ1n) is 4.19. The van der Waals surface area contributed by atoms with E-state index in [2.05, 4.69) is 11.2 Å². The first-order chi connectivity index (χ1) is 6.29. The second kappa shape index (κ2) is 3.05. The van der Waals surface area contributed by atoms with Gasteiger partial charge in [0.25, 0.3) is 0 Å². The number of rotatable bonds is 1. The van der Waals surface area contributed by atoms with Gasteiger partial charge in [-0.2, -0.15) is 0 Å². The summed E-state index contributed by atoms with van der Waals surface area (Å²) in [5, 5.41) is 3.90. The van der Waals surface area contributed by atoms with Crippen molar-refractivity contribution in [3.63, 3.8) is 0 Å². The molecule has 0 saturated carbocycles. The predicted molar refractivity (Wildman–Crippen MR) is 50.2 cm³/mol. The lowest BCUT2D eigenvalue weighted by Gasteiger charge is -1.97. The fraction of sp³-hybridized carbons (Fsp3) is 0.182. The Morgan fingerprint density at radius 3 is 2.69 bits per heavy atom. The Balaban J connectivity index is 2.59. The van der Waals surface area contributed by atoms with E-state index in [0.29, 0.717) is 0 Å². The molecule has 0 aliphatic heterocycles. The van der Waals surface area contributed by atoms with Gasteiger partial charge in [0.15, 0.2) is 0 Å². The molecule has 0 bridgehead atoms. The Morgan fingerprint density at radius 1 is 1.31 bits per heavy atom. The third-order valence-electron chi connectivity index (χ3n) is 2.01. The summed E-state index contributed by atoms with van der Waals surface area (Å²) in [7, 11) is 0. The third-order valence-corrected chi connectivity index (χ3v) is 2.01. The van der Waals surface area contributed by atoms with Crippen LogP contribution in [-0.2, 0) is 0 Å². The molecule has 65 valence electrons. The van der Waals surface area contributed by atoms with Gasteiger partial charge in [-0.25, -0.2) is 0 Å². The van der Waals surface area contributed by atoms with Crippen molar-refractivity contribution < 1.29 is 4.52 Å². The summed E-state index contributed by atoms with van der Waals surface area (Å²) in [6, 6.07) is 11.0. The van der Waals surface area contributed by atoms with Gasteiger partial charge in [-0.15, -0.1) is 0 Å². The van der Waals surface area contributed by atoms with Gasteiger partial charge >= 0.3 is 0 Å². The largest absolute Gasteiger partial charge is 0.361 e. The zero-order chi connectivity index (χ0) is 9.26. The first kappa shape index (κ1) is 8.05. The summed E-state index contributed by atoms with van der Waals surface area (Å²) in [5.74, 6) is 0.847. The maximum absolute atomic E-state index is 5.08. The second-order valence-corrected chi connectivity index (χ2v) is 2.98. The van der Waals surface area contributed by atoms with E-state index in [4.69, 9.17) is 4.52 Å². The molecular formula is C11H10NO. The third kappa shape index (κ3) is 1.35. The van der Waals surface area contributed by atoms with E-state index < -0.39 is 0 Å². The quantitative estimate of drug-likeness (QED) is 0.661. The van der Waals surface area contributed by atoms with E-state index >= 15 is 0 Å². The van der Waals surface area contributed by atoms with Gasteiger partial charge < -0.3 is 4.52 Å². The zero-order valence-electron chi connectivity index (χ0n) is 7.66. The Labute approximate surface area is 77.2 Å². The van der Waals surface area contributed by atoms with Gasteiger partial charge in [-0.1, -0.05) is 29.4 Å².